The first-order valence-electron chi connectivity index (χ1n) is 11.9. The van der Waals surface area contributed by atoms with Gasteiger partial charge in [-0.3, -0.25) is 14.4 Å². The van der Waals surface area contributed by atoms with Crippen LogP contribution in [-0.4, -0.2) is 46.2 Å². The molecule has 0 bridgehead atoms. The lowest BCUT2D eigenvalue weighted by atomic mass is 9.96. The van der Waals surface area contributed by atoms with Gasteiger partial charge in [0.05, 0.1) is 23.4 Å². The van der Waals surface area contributed by atoms with Crippen LogP contribution >= 0.6 is 46.5 Å². The third-order valence-electron chi connectivity index (χ3n) is 6.35. The summed E-state index contributed by atoms with van der Waals surface area (Å²) in [6.45, 7) is 2.73. The van der Waals surface area contributed by atoms with Crippen LogP contribution in [0.1, 0.15) is 22.7 Å². The molecule has 0 aliphatic carbocycles. The zero-order chi connectivity index (χ0) is 26.5. The summed E-state index contributed by atoms with van der Waals surface area (Å²) in [6.07, 6.45) is 0. The number of nitrogens with zero attached hydrogens (tertiary/aromatic N) is 4. The molecule has 0 saturated carbocycles. The fourth-order valence-electron chi connectivity index (χ4n) is 4.39. The minimum Gasteiger partial charge on any atom is -0.330 e. The van der Waals surface area contributed by atoms with Gasteiger partial charge in [-0.1, -0.05) is 59.6 Å². The minimum absolute atomic E-state index is 0.0330. The van der Waals surface area contributed by atoms with E-state index in [1.54, 1.807) is 12.1 Å². The number of rotatable bonds is 6. The van der Waals surface area contributed by atoms with Crippen molar-refractivity contribution in [3.05, 3.63) is 105 Å². The molecule has 10 heteroatoms. The summed E-state index contributed by atoms with van der Waals surface area (Å²) in [4.78, 5) is 21.8. The molecule has 5 rings (SSSR count). The molecule has 2 heterocycles. The van der Waals surface area contributed by atoms with Gasteiger partial charge >= 0.3 is 5.24 Å². The lowest BCUT2D eigenvalue weighted by molar-refractivity contribution is 0.131. The summed E-state index contributed by atoms with van der Waals surface area (Å²) < 4.78 is 3.09. The quantitative estimate of drug-likeness (QED) is 0.237. The van der Waals surface area contributed by atoms with E-state index in [0.29, 0.717) is 33.8 Å². The maximum Gasteiger partial charge on any atom is 0.302 e. The molecule has 0 atom stereocenters. The van der Waals surface area contributed by atoms with Crippen molar-refractivity contribution < 1.29 is 4.79 Å². The van der Waals surface area contributed by atoms with Gasteiger partial charge in [-0.05, 0) is 47.5 Å². The van der Waals surface area contributed by atoms with Crippen LogP contribution in [-0.2, 0) is 0 Å². The zero-order valence-corrected chi connectivity index (χ0v) is 23.3. The van der Waals surface area contributed by atoms with Crippen molar-refractivity contribution >= 4 is 56.9 Å². The minimum atomic E-state index is -0.0330. The molecule has 1 fully saturated rings. The standard InChI is InChI=1S/C28H23Cl2N5OS2/c29-23-9-5-21(6-10-23)26(22-7-11-24(30)12-8-22)34-13-15-35(16-14-34)28(36)38-33-27-32-25(18-37-27)20-3-1-19(17-31)2-4-20/h1-12,18,26H,13-16H2,(H,32,33). The molecule has 1 N–H and O–H groups in total. The van der Waals surface area contributed by atoms with Gasteiger partial charge in [-0.2, -0.15) is 5.26 Å². The monoisotopic (exact) mass is 579 g/mol. The van der Waals surface area contributed by atoms with Crippen molar-refractivity contribution in [3.63, 3.8) is 0 Å². The number of amides is 1. The van der Waals surface area contributed by atoms with Crippen molar-refractivity contribution in [2.45, 2.75) is 6.04 Å². The van der Waals surface area contributed by atoms with Gasteiger partial charge in [0.1, 0.15) is 0 Å². The molecule has 0 spiro atoms. The SMILES string of the molecule is N#Cc1ccc(-c2csc(NSC(=O)N3CCN(C(c4ccc(Cl)cc4)c4ccc(Cl)cc4)CC3)n2)cc1. The van der Waals surface area contributed by atoms with Crippen molar-refractivity contribution in [1.82, 2.24) is 14.8 Å². The van der Waals surface area contributed by atoms with Crippen LogP contribution < -0.4 is 4.72 Å². The molecule has 1 saturated heterocycles. The van der Waals surface area contributed by atoms with E-state index < -0.39 is 0 Å². The molecule has 1 aliphatic heterocycles. The molecule has 6 nitrogen and oxygen atoms in total. The van der Waals surface area contributed by atoms with Gasteiger partial charge in [0.2, 0.25) is 0 Å². The summed E-state index contributed by atoms with van der Waals surface area (Å²) in [5.41, 5.74) is 4.63. The van der Waals surface area contributed by atoms with Crippen LogP contribution in [0.4, 0.5) is 9.93 Å². The van der Waals surface area contributed by atoms with Crippen LogP contribution in [0.2, 0.25) is 10.0 Å². The van der Waals surface area contributed by atoms with E-state index >= 15 is 0 Å². The average molecular weight is 581 g/mol. The predicted molar refractivity (Wildman–Crippen MR) is 157 cm³/mol. The Morgan fingerprint density at radius 3 is 2.05 bits per heavy atom. The highest BCUT2D eigenvalue weighted by Gasteiger charge is 2.28. The molecule has 192 valence electrons. The third-order valence-corrected chi connectivity index (χ3v) is 8.47. The predicted octanol–water partition coefficient (Wildman–Crippen LogP) is 7.58. The fourth-order valence-corrected chi connectivity index (χ4v) is 6.05. The number of piperazine rings is 1. The molecule has 1 aromatic heterocycles. The Bertz CT molecular complexity index is 1380. The number of benzene rings is 3. The van der Waals surface area contributed by atoms with Gasteiger partial charge in [0.25, 0.3) is 0 Å². The average Bonchev–Trinajstić information content (AvgIpc) is 3.43. The number of aromatic nitrogens is 1. The first kappa shape index (κ1) is 26.5. The van der Waals surface area contributed by atoms with Crippen LogP contribution in [0, 0.1) is 11.3 Å². The molecule has 0 unspecified atom stereocenters. The van der Waals surface area contributed by atoms with Gasteiger partial charge in [-0.15, -0.1) is 11.3 Å². The molecule has 4 aromatic rings. The zero-order valence-electron chi connectivity index (χ0n) is 20.2. The van der Waals surface area contributed by atoms with Crippen molar-refractivity contribution in [2.24, 2.45) is 0 Å². The first-order valence-corrected chi connectivity index (χ1v) is 14.4. The number of hydrogen-bond acceptors (Lipinski definition) is 7. The summed E-state index contributed by atoms with van der Waals surface area (Å²) in [5.74, 6) is 0. The number of nitriles is 1. The largest absolute Gasteiger partial charge is 0.330 e. The third kappa shape index (κ3) is 6.32. The van der Waals surface area contributed by atoms with E-state index in [0.717, 1.165) is 47.4 Å². The summed E-state index contributed by atoms with van der Waals surface area (Å²) in [6, 6.07) is 25.3. The van der Waals surface area contributed by atoms with Crippen LogP contribution in [0.5, 0.6) is 0 Å². The van der Waals surface area contributed by atoms with Gasteiger partial charge in [0.15, 0.2) is 5.13 Å². The Balaban J connectivity index is 1.19. The number of halogens is 2. The summed E-state index contributed by atoms with van der Waals surface area (Å²) >= 11 is 14.8. The second-order valence-corrected chi connectivity index (χ2v) is 11.2. The normalized spacial score (nSPS) is 13.9. The Labute approximate surface area is 240 Å². The number of anilines is 1. The van der Waals surface area contributed by atoms with E-state index in [1.807, 2.05) is 46.7 Å². The molecular weight excluding hydrogens is 557 g/mol. The smallest absolute Gasteiger partial charge is 0.302 e. The number of carbonyl (C=O) groups excluding carboxylic acids is 1. The van der Waals surface area contributed by atoms with E-state index in [1.165, 1.54) is 11.3 Å². The number of carbonyl (C=O) groups is 1. The molecule has 0 radical (unpaired) electrons. The van der Waals surface area contributed by atoms with E-state index in [4.69, 9.17) is 28.5 Å². The molecule has 3 aromatic carbocycles. The lowest BCUT2D eigenvalue weighted by Crippen LogP contribution is -2.49. The maximum absolute atomic E-state index is 12.9. The Hall–Kier alpha value is -3.06. The van der Waals surface area contributed by atoms with E-state index in [9.17, 15) is 4.79 Å². The van der Waals surface area contributed by atoms with Crippen LogP contribution in [0.3, 0.4) is 0 Å². The van der Waals surface area contributed by atoms with Crippen molar-refractivity contribution in [1.29, 1.82) is 5.26 Å². The molecule has 1 amide bonds. The first-order chi connectivity index (χ1) is 18.5. The second kappa shape index (κ2) is 12.2. The topological polar surface area (TPSA) is 72.3 Å². The maximum atomic E-state index is 12.9. The lowest BCUT2D eigenvalue weighted by Gasteiger charge is -2.39. The highest BCUT2D eigenvalue weighted by molar-refractivity contribution is 8.14. The van der Waals surface area contributed by atoms with E-state index in [-0.39, 0.29) is 11.3 Å². The number of thiazole rings is 1. The highest BCUT2D eigenvalue weighted by Crippen LogP contribution is 2.32. The molecular formula is C28H23Cl2N5OS2. The van der Waals surface area contributed by atoms with Crippen LogP contribution in [0.25, 0.3) is 11.3 Å². The Kier molecular flexibility index (Phi) is 8.52. The van der Waals surface area contributed by atoms with Crippen molar-refractivity contribution in [2.75, 3.05) is 30.9 Å². The summed E-state index contributed by atoms with van der Waals surface area (Å²) in [7, 11) is 0. The molecule has 1 aliphatic rings. The second-order valence-electron chi connectivity index (χ2n) is 8.73. The van der Waals surface area contributed by atoms with Crippen molar-refractivity contribution in [3.8, 4) is 17.3 Å². The van der Waals surface area contributed by atoms with Crippen LogP contribution in [0.15, 0.2) is 78.2 Å². The van der Waals surface area contributed by atoms with Gasteiger partial charge < -0.3 is 4.90 Å². The Morgan fingerprint density at radius 1 is 0.921 bits per heavy atom. The number of nitrogens with one attached hydrogen (secondary N) is 1. The van der Waals surface area contributed by atoms with Gasteiger partial charge in [0, 0.05) is 59.1 Å². The summed E-state index contributed by atoms with van der Waals surface area (Å²) in [5, 5.41) is 12.9. The molecule has 38 heavy (non-hydrogen) atoms. The number of hydrogen-bond donors (Lipinski definition) is 1. The Morgan fingerprint density at radius 2 is 1.50 bits per heavy atom. The fraction of sp³-hybridized carbons (Fsp3) is 0.179. The van der Waals surface area contributed by atoms with E-state index in [2.05, 4.69) is 44.9 Å². The highest BCUT2D eigenvalue weighted by atomic mass is 35.5. The van der Waals surface area contributed by atoms with Gasteiger partial charge in [-0.25, -0.2) is 4.98 Å².